The molecular weight excluding hydrogens is 862 g/mol. The highest BCUT2D eigenvalue weighted by Gasteiger charge is 2.76. The number of carbonyl (C=O) groups is 2. The molecule has 2 aromatic heterocycles. The number of carbonyl (C=O) groups excluding carboxylic acids is 2. The van der Waals surface area contributed by atoms with Gasteiger partial charge in [0.25, 0.3) is 17.4 Å². The highest BCUT2D eigenvalue weighted by Crippen LogP contribution is 2.64. The third-order valence-electron chi connectivity index (χ3n) is 11.4. The van der Waals surface area contributed by atoms with Crippen LogP contribution in [0, 0.1) is 29.1 Å². The molecule has 1 N–H and O–H groups in total. The molecule has 15 nitrogen and oxygen atoms in total. The number of methoxy groups -OCH3 is 2. The molecule has 0 bridgehead atoms. The van der Waals surface area contributed by atoms with Crippen molar-refractivity contribution in [1.82, 2.24) is 23.5 Å². The lowest BCUT2D eigenvalue weighted by atomic mass is 9.64. The predicted octanol–water partition coefficient (Wildman–Crippen LogP) is 4.32. The zero-order chi connectivity index (χ0) is 44.2. The van der Waals surface area contributed by atoms with Crippen molar-refractivity contribution in [1.29, 1.82) is 0 Å². The zero-order valence-corrected chi connectivity index (χ0v) is 33.7. The van der Waals surface area contributed by atoms with Gasteiger partial charge in [0.1, 0.15) is 11.4 Å². The summed E-state index contributed by atoms with van der Waals surface area (Å²) in [5.41, 5.74) is -3.49. The monoisotopic (exact) mass is 892 g/mol. The predicted molar refractivity (Wildman–Crippen MR) is 206 cm³/mol. The fourth-order valence-corrected chi connectivity index (χ4v) is 9.43. The summed E-state index contributed by atoms with van der Waals surface area (Å²) in [6.07, 6.45) is 0.371. The number of aryl methyl sites for hydroxylation is 2. The molecular formula is C39H31Cl2F5N6O9. The topological polar surface area (TPSA) is 169 Å². The SMILES string of the molecule is CCOc1cc([C@H]2C3=CCn4c(=O)n(CCc5nc6cc(OC)c(OC)cc6n(C)c5=O)c(=O)n4[C@@H]3C[C@@]3(Cl)C(=O)N(c4c(F)c(F)c(F)c(F)c4F)C(=O)[C@@]23Cl)ccc1O. The van der Waals surface area contributed by atoms with Gasteiger partial charge in [0.05, 0.1) is 44.4 Å². The Morgan fingerprint density at radius 3 is 2.15 bits per heavy atom. The average Bonchev–Trinajstić information content (AvgIpc) is 3.57. The third-order valence-corrected chi connectivity index (χ3v) is 12.8. The van der Waals surface area contributed by atoms with Crippen LogP contribution in [0.4, 0.5) is 27.6 Å². The van der Waals surface area contributed by atoms with E-state index >= 15 is 8.78 Å². The van der Waals surface area contributed by atoms with E-state index in [-0.39, 0.29) is 59.3 Å². The van der Waals surface area contributed by atoms with Crippen LogP contribution in [0.5, 0.6) is 23.0 Å². The third kappa shape index (κ3) is 5.67. The number of hydrogen-bond acceptors (Lipinski definition) is 10. The summed E-state index contributed by atoms with van der Waals surface area (Å²) in [5, 5.41) is 10.5. The number of ether oxygens (including phenoxy) is 3. The van der Waals surface area contributed by atoms with Gasteiger partial charge in [-0.1, -0.05) is 12.1 Å². The number of imide groups is 1. The van der Waals surface area contributed by atoms with Crippen LogP contribution >= 0.6 is 23.2 Å². The number of aromatic hydroxyl groups is 1. The van der Waals surface area contributed by atoms with Crippen molar-refractivity contribution < 1.29 is 50.9 Å². The van der Waals surface area contributed by atoms with Gasteiger partial charge < -0.3 is 23.9 Å². The summed E-state index contributed by atoms with van der Waals surface area (Å²) in [7, 11) is 4.34. The number of phenols is 1. The number of phenolic OH excluding ortho intramolecular Hbond substituents is 1. The van der Waals surface area contributed by atoms with E-state index in [1.807, 2.05) is 0 Å². The lowest BCUT2D eigenvalue weighted by molar-refractivity contribution is -0.122. The summed E-state index contributed by atoms with van der Waals surface area (Å²) in [5.74, 6) is -17.4. The molecule has 0 unspecified atom stereocenters. The normalized spacial score (nSPS) is 22.0. The second-order valence-corrected chi connectivity index (χ2v) is 15.6. The Morgan fingerprint density at radius 1 is 0.869 bits per heavy atom. The van der Waals surface area contributed by atoms with E-state index in [0.29, 0.717) is 22.5 Å². The molecule has 1 saturated heterocycles. The highest BCUT2D eigenvalue weighted by molar-refractivity contribution is 6.58. The summed E-state index contributed by atoms with van der Waals surface area (Å²) in [6, 6.07) is 5.36. The Balaban J connectivity index is 1.26. The molecule has 2 aliphatic heterocycles. The maximum Gasteiger partial charge on any atom is 0.347 e. The second-order valence-electron chi connectivity index (χ2n) is 14.4. The van der Waals surface area contributed by atoms with E-state index in [9.17, 15) is 42.3 Å². The number of allylic oxidation sites excluding steroid dienone is 2. The quantitative estimate of drug-likeness (QED) is 0.0562. The van der Waals surface area contributed by atoms with Gasteiger partial charge in [-0.15, -0.1) is 23.2 Å². The molecule has 3 aliphatic rings. The van der Waals surface area contributed by atoms with E-state index in [1.54, 1.807) is 19.1 Å². The van der Waals surface area contributed by atoms with Crippen LogP contribution in [-0.4, -0.2) is 71.0 Å². The zero-order valence-electron chi connectivity index (χ0n) is 32.2. The average molecular weight is 894 g/mol. The van der Waals surface area contributed by atoms with Crippen molar-refractivity contribution in [2.75, 3.05) is 25.7 Å². The number of fused-ring (bicyclic) bond motifs is 5. The van der Waals surface area contributed by atoms with E-state index in [0.717, 1.165) is 20.0 Å². The molecule has 4 heterocycles. The van der Waals surface area contributed by atoms with Crippen molar-refractivity contribution in [2.45, 2.75) is 54.6 Å². The van der Waals surface area contributed by atoms with Gasteiger partial charge in [-0.25, -0.2) is 55.4 Å². The van der Waals surface area contributed by atoms with Crippen LogP contribution in [0.1, 0.15) is 36.6 Å². The Bertz CT molecular complexity index is 2960. The van der Waals surface area contributed by atoms with Crippen LogP contribution in [0.3, 0.4) is 0 Å². The number of aromatic nitrogens is 5. The molecule has 1 aliphatic carbocycles. The number of halogens is 7. The first kappa shape index (κ1) is 41.6. The van der Waals surface area contributed by atoms with Gasteiger partial charge >= 0.3 is 11.4 Å². The first-order chi connectivity index (χ1) is 28.9. The summed E-state index contributed by atoms with van der Waals surface area (Å²) < 4.78 is 94.4. The highest BCUT2D eigenvalue weighted by atomic mass is 35.5. The van der Waals surface area contributed by atoms with E-state index in [1.165, 1.54) is 44.0 Å². The molecule has 3 aromatic carbocycles. The van der Waals surface area contributed by atoms with E-state index < -0.39 is 91.7 Å². The van der Waals surface area contributed by atoms with Crippen LogP contribution in [0.2, 0.25) is 0 Å². The first-order valence-corrected chi connectivity index (χ1v) is 19.1. The van der Waals surface area contributed by atoms with Gasteiger partial charge in [0.15, 0.2) is 56.0 Å². The number of anilines is 1. The van der Waals surface area contributed by atoms with Crippen molar-refractivity contribution in [2.24, 2.45) is 7.05 Å². The molecule has 8 rings (SSSR count). The van der Waals surface area contributed by atoms with Crippen LogP contribution < -0.4 is 36.0 Å². The Kier molecular flexibility index (Phi) is 9.88. The van der Waals surface area contributed by atoms with Crippen LogP contribution in [0.15, 0.2) is 56.4 Å². The van der Waals surface area contributed by atoms with Crippen LogP contribution in [-0.2, 0) is 36.1 Å². The molecule has 61 heavy (non-hydrogen) atoms. The largest absolute Gasteiger partial charge is 0.504 e. The molecule has 5 aromatic rings. The molecule has 2 fully saturated rings. The smallest absolute Gasteiger partial charge is 0.347 e. The molecule has 320 valence electrons. The second kappa shape index (κ2) is 14.5. The number of nitrogens with zero attached hydrogens (tertiary/aromatic N) is 6. The fourth-order valence-electron chi connectivity index (χ4n) is 8.51. The maximum absolute atomic E-state index is 15.4. The van der Waals surface area contributed by atoms with Gasteiger partial charge in [-0.05, 0) is 30.2 Å². The van der Waals surface area contributed by atoms with E-state index in [2.05, 4.69) is 4.98 Å². The summed E-state index contributed by atoms with van der Waals surface area (Å²) in [6.45, 7) is 0.898. The molecule has 0 spiro atoms. The lowest BCUT2D eigenvalue weighted by Gasteiger charge is -2.49. The first-order valence-electron chi connectivity index (χ1n) is 18.3. The summed E-state index contributed by atoms with van der Waals surface area (Å²) >= 11 is 14.3. The van der Waals surface area contributed by atoms with Crippen molar-refractivity contribution >= 4 is 51.7 Å². The number of hydrogen-bond donors (Lipinski definition) is 1. The van der Waals surface area contributed by atoms with Crippen molar-refractivity contribution in [3.05, 3.63) is 114 Å². The number of amides is 2. The fraction of sp³-hybridized carbons (Fsp3) is 0.333. The Hall–Kier alpha value is -6.15. The lowest BCUT2D eigenvalue weighted by Crippen LogP contribution is -2.59. The molecule has 0 radical (unpaired) electrons. The molecule has 22 heteroatoms. The van der Waals surface area contributed by atoms with Crippen molar-refractivity contribution in [3.8, 4) is 23.0 Å². The van der Waals surface area contributed by atoms with Gasteiger partial charge in [0.2, 0.25) is 5.82 Å². The van der Waals surface area contributed by atoms with Gasteiger partial charge in [-0.2, -0.15) is 0 Å². The molecule has 4 atom stereocenters. The Morgan fingerprint density at radius 2 is 1.51 bits per heavy atom. The van der Waals surface area contributed by atoms with E-state index in [4.69, 9.17) is 37.4 Å². The number of alkyl halides is 2. The molecule has 2 amide bonds. The van der Waals surface area contributed by atoms with Crippen molar-refractivity contribution in [3.63, 3.8) is 0 Å². The molecule has 1 saturated carbocycles. The van der Waals surface area contributed by atoms with Gasteiger partial charge in [-0.3, -0.25) is 14.4 Å². The minimum atomic E-state index is -2.81. The maximum atomic E-state index is 15.4. The number of benzene rings is 3. The minimum absolute atomic E-state index is 0.00777. The van der Waals surface area contributed by atoms with Crippen LogP contribution in [0.25, 0.3) is 11.0 Å². The number of rotatable bonds is 9. The summed E-state index contributed by atoms with van der Waals surface area (Å²) in [4.78, 5) is 69.4. The minimum Gasteiger partial charge on any atom is -0.504 e. The standard InChI is InChI=1S/C39H31Cl2F5N6O9/c1-5-61-23-12-16(6-7-22(23)53)26-17-8-11-50-36(57)49(10-9-18-33(54)48(2)20-14-25(60-4)24(59-3)13-19(20)47-18)37(58)52(50)21(17)15-38(40)34(55)51(35(56)39(26,38)41)32-30(45)28(43)27(42)29(44)31(32)46/h6-8,12-14,21,26,53H,5,9-11,15H2,1-4H3/t21-,26+,38-,39+/m1/s1. The Labute approximate surface area is 349 Å². The van der Waals surface area contributed by atoms with Gasteiger partial charge in [0, 0.05) is 44.5 Å².